The molecule has 0 aromatic heterocycles. The van der Waals surface area contributed by atoms with E-state index in [0.717, 1.165) is 5.57 Å². The molecule has 5 atom stereocenters. The number of carboxylic acid groups (broad SMARTS) is 1. The van der Waals surface area contributed by atoms with Crippen LogP contribution in [0.3, 0.4) is 0 Å². The predicted octanol–water partition coefficient (Wildman–Crippen LogP) is 2.40. The Hall–Kier alpha value is -2.60. The molecule has 1 spiro atoms. The maximum Gasteiger partial charge on any atom is 0.310 e. The van der Waals surface area contributed by atoms with Crippen molar-refractivity contribution in [2.45, 2.75) is 31.1 Å². The van der Waals surface area contributed by atoms with E-state index in [2.05, 4.69) is 6.58 Å². The first-order valence-electron chi connectivity index (χ1n) is 8.60. The number of anilines is 1. The van der Waals surface area contributed by atoms with E-state index >= 15 is 0 Å². The van der Waals surface area contributed by atoms with Gasteiger partial charge in [0.2, 0.25) is 5.91 Å². The largest absolute Gasteiger partial charge is 0.497 e. The minimum atomic E-state index is -0.995. The number of nitrogens with zero attached hydrogens (tertiary/aromatic N) is 1. The maximum atomic E-state index is 13.3. The lowest BCUT2D eigenvalue weighted by Crippen LogP contribution is -2.45. The number of ether oxygens (including phenoxy) is 2. The van der Waals surface area contributed by atoms with Gasteiger partial charge in [-0.25, -0.2) is 0 Å². The highest BCUT2D eigenvalue weighted by Gasteiger charge is 2.71. The number of methoxy groups -OCH3 is 1. The lowest BCUT2D eigenvalue weighted by Gasteiger charge is -2.33. The van der Waals surface area contributed by atoms with Gasteiger partial charge >= 0.3 is 5.97 Å². The van der Waals surface area contributed by atoms with E-state index in [9.17, 15) is 14.7 Å². The quantitative estimate of drug-likeness (QED) is 0.821. The number of fused-ring (bicyclic) bond motifs is 1. The van der Waals surface area contributed by atoms with E-state index in [0.29, 0.717) is 17.9 Å². The lowest BCUT2D eigenvalue weighted by molar-refractivity contribution is -0.146. The van der Waals surface area contributed by atoms with Gasteiger partial charge in [-0.3, -0.25) is 9.59 Å². The van der Waals surface area contributed by atoms with Crippen molar-refractivity contribution in [3.05, 3.63) is 48.6 Å². The summed E-state index contributed by atoms with van der Waals surface area (Å²) >= 11 is 0. The molecule has 136 valence electrons. The highest BCUT2D eigenvalue weighted by atomic mass is 16.5. The molecule has 3 heterocycles. The van der Waals surface area contributed by atoms with Crippen molar-refractivity contribution in [2.24, 2.45) is 11.8 Å². The van der Waals surface area contributed by atoms with Gasteiger partial charge in [-0.15, -0.1) is 6.58 Å². The van der Waals surface area contributed by atoms with Gasteiger partial charge in [-0.1, -0.05) is 17.7 Å². The molecule has 3 aliphatic heterocycles. The van der Waals surface area contributed by atoms with Crippen LogP contribution < -0.4 is 9.64 Å². The van der Waals surface area contributed by atoms with Crippen LogP contribution in [0.1, 0.15) is 13.3 Å². The Morgan fingerprint density at radius 2 is 2.08 bits per heavy atom. The number of carboxylic acids is 1. The molecule has 1 aromatic carbocycles. The van der Waals surface area contributed by atoms with Crippen molar-refractivity contribution in [1.82, 2.24) is 0 Å². The average Bonchev–Trinajstić information content (AvgIpc) is 3.24. The number of carbonyl (C=O) groups excluding carboxylic acids is 1. The van der Waals surface area contributed by atoms with Crippen molar-refractivity contribution >= 4 is 17.6 Å². The van der Waals surface area contributed by atoms with Crippen LogP contribution >= 0.6 is 0 Å². The molecule has 1 aromatic rings. The second-order valence-electron chi connectivity index (χ2n) is 7.22. The standard InChI is InChI=1S/C20H21NO5/c1-11(2)10-15-20-9-8-14(26-20)16(19(23)24)17(20)18(22)21(15)12-4-6-13(25-3)7-5-12/h4-9,14-17H,1,10H2,2-3H3,(H,23,24)/t14-,15+,16-,17+,20+/m0/s1. The van der Waals surface area contributed by atoms with Crippen LogP contribution in [0.4, 0.5) is 5.69 Å². The Kier molecular flexibility index (Phi) is 3.70. The summed E-state index contributed by atoms with van der Waals surface area (Å²) in [5.41, 5.74) is 0.704. The SMILES string of the molecule is C=C(C)C[C@H]1N(c2ccc(OC)cc2)C(=O)[C@H]2[C@@H](C(=O)O)[C@@H]3C=C[C@]21O3. The molecule has 3 aliphatic rings. The average molecular weight is 355 g/mol. The highest BCUT2D eigenvalue weighted by molar-refractivity contribution is 6.03. The normalized spacial score (nSPS) is 34.2. The zero-order valence-corrected chi connectivity index (χ0v) is 14.7. The van der Waals surface area contributed by atoms with Gasteiger partial charge in [0.1, 0.15) is 17.3 Å². The van der Waals surface area contributed by atoms with Crippen molar-refractivity contribution in [1.29, 1.82) is 0 Å². The van der Waals surface area contributed by atoms with Gasteiger partial charge < -0.3 is 19.5 Å². The molecule has 26 heavy (non-hydrogen) atoms. The molecule has 2 saturated heterocycles. The number of hydrogen-bond acceptors (Lipinski definition) is 4. The summed E-state index contributed by atoms with van der Waals surface area (Å²) in [7, 11) is 1.58. The second-order valence-corrected chi connectivity index (χ2v) is 7.22. The molecule has 0 aliphatic carbocycles. The van der Waals surface area contributed by atoms with E-state index in [1.54, 1.807) is 30.2 Å². The van der Waals surface area contributed by atoms with Crippen LogP contribution in [0.25, 0.3) is 0 Å². The van der Waals surface area contributed by atoms with Crippen LogP contribution in [0.15, 0.2) is 48.6 Å². The topological polar surface area (TPSA) is 76.1 Å². The van der Waals surface area contributed by atoms with E-state index in [4.69, 9.17) is 9.47 Å². The van der Waals surface area contributed by atoms with Gasteiger partial charge in [-0.05, 0) is 37.6 Å². The minimum Gasteiger partial charge on any atom is -0.497 e. The Bertz CT molecular complexity index is 814. The smallest absolute Gasteiger partial charge is 0.310 e. The first-order valence-corrected chi connectivity index (χ1v) is 8.60. The number of aliphatic carboxylic acids is 1. The Balaban J connectivity index is 1.81. The van der Waals surface area contributed by atoms with Gasteiger partial charge in [0.25, 0.3) is 0 Å². The molecule has 0 saturated carbocycles. The van der Waals surface area contributed by atoms with Gasteiger partial charge in [0.05, 0.1) is 25.2 Å². The fourth-order valence-electron chi connectivity index (χ4n) is 4.56. The molecular weight excluding hydrogens is 334 g/mol. The monoisotopic (exact) mass is 355 g/mol. The third kappa shape index (κ3) is 2.15. The van der Waals surface area contributed by atoms with Crippen LogP contribution in [0, 0.1) is 11.8 Å². The molecule has 1 amide bonds. The van der Waals surface area contributed by atoms with Crippen molar-refractivity contribution in [3.8, 4) is 5.75 Å². The van der Waals surface area contributed by atoms with E-state index < -0.39 is 29.5 Å². The summed E-state index contributed by atoms with van der Waals surface area (Å²) in [5.74, 6) is -2.09. The Labute approximate surface area is 151 Å². The molecule has 6 heteroatoms. The van der Waals surface area contributed by atoms with Crippen molar-refractivity contribution < 1.29 is 24.2 Å². The fourth-order valence-corrected chi connectivity index (χ4v) is 4.56. The van der Waals surface area contributed by atoms with Gasteiger partial charge in [-0.2, -0.15) is 0 Å². The summed E-state index contributed by atoms with van der Waals surface area (Å²) in [4.78, 5) is 26.8. The molecule has 0 unspecified atom stereocenters. The number of hydrogen-bond donors (Lipinski definition) is 1. The van der Waals surface area contributed by atoms with Gasteiger partial charge in [0, 0.05) is 5.69 Å². The van der Waals surface area contributed by atoms with E-state index in [-0.39, 0.29) is 11.9 Å². The number of carbonyl (C=O) groups is 2. The molecule has 2 bridgehead atoms. The summed E-state index contributed by atoms with van der Waals surface area (Å²) < 4.78 is 11.3. The second kappa shape index (κ2) is 5.71. The fraction of sp³-hybridized carbons (Fsp3) is 0.400. The van der Waals surface area contributed by atoms with Crippen LogP contribution in [0.2, 0.25) is 0 Å². The molecule has 4 rings (SSSR count). The summed E-state index contributed by atoms with van der Waals surface area (Å²) in [6.45, 7) is 5.90. The number of rotatable bonds is 5. The molecule has 2 fully saturated rings. The molecule has 0 radical (unpaired) electrons. The first kappa shape index (κ1) is 16.8. The minimum absolute atomic E-state index is 0.208. The van der Waals surface area contributed by atoms with E-state index in [1.807, 2.05) is 25.1 Å². The van der Waals surface area contributed by atoms with E-state index in [1.165, 1.54) is 0 Å². The molecule has 1 N–H and O–H groups in total. The summed E-state index contributed by atoms with van der Waals surface area (Å²) in [5, 5.41) is 9.67. The predicted molar refractivity (Wildman–Crippen MR) is 95.1 cm³/mol. The Morgan fingerprint density at radius 3 is 2.65 bits per heavy atom. The molecular formula is C20H21NO5. The lowest BCUT2D eigenvalue weighted by atomic mass is 9.74. The number of benzene rings is 1. The Morgan fingerprint density at radius 1 is 1.38 bits per heavy atom. The molecule has 6 nitrogen and oxygen atoms in total. The van der Waals surface area contributed by atoms with Crippen molar-refractivity contribution in [3.63, 3.8) is 0 Å². The summed E-state index contributed by atoms with van der Waals surface area (Å²) in [6.07, 6.45) is 3.66. The van der Waals surface area contributed by atoms with Crippen LogP contribution in [-0.4, -0.2) is 41.8 Å². The maximum absolute atomic E-state index is 13.3. The van der Waals surface area contributed by atoms with Crippen LogP contribution in [0.5, 0.6) is 5.75 Å². The zero-order valence-electron chi connectivity index (χ0n) is 14.7. The van der Waals surface area contributed by atoms with Crippen molar-refractivity contribution in [2.75, 3.05) is 12.0 Å². The third-order valence-corrected chi connectivity index (χ3v) is 5.60. The third-order valence-electron chi connectivity index (χ3n) is 5.60. The summed E-state index contributed by atoms with van der Waals surface area (Å²) in [6, 6.07) is 6.87. The van der Waals surface area contributed by atoms with Crippen LogP contribution in [-0.2, 0) is 14.3 Å². The highest BCUT2D eigenvalue weighted by Crippen LogP contribution is 2.56. The zero-order chi connectivity index (χ0) is 18.6. The van der Waals surface area contributed by atoms with Gasteiger partial charge in [0.15, 0.2) is 0 Å². The number of amides is 1. The first-order chi connectivity index (χ1) is 12.4.